The minimum Gasteiger partial charge on any atom is -0.324 e. The van der Waals surface area contributed by atoms with Crippen molar-refractivity contribution in [2.75, 3.05) is 18.4 Å². The van der Waals surface area contributed by atoms with Crippen LogP contribution < -0.4 is 5.32 Å². The van der Waals surface area contributed by atoms with Crippen molar-refractivity contribution in [3.63, 3.8) is 0 Å². The van der Waals surface area contributed by atoms with Crippen molar-refractivity contribution in [2.45, 2.75) is 37.6 Å². The van der Waals surface area contributed by atoms with Gasteiger partial charge in [-0.15, -0.1) is 10.2 Å². The number of nitrogens with zero attached hydrogens (tertiary/aromatic N) is 5. The Morgan fingerprint density at radius 3 is 2.74 bits per heavy atom. The molecule has 1 N–H and O–H groups in total. The molecule has 1 saturated heterocycles. The van der Waals surface area contributed by atoms with Crippen LogP contribution in [-0.2, 0) is 21.4 Å². The second-order valence-electron chi connectivity index (χ2n) is 6.38. The molecule has 0 spiro atoms. The summed E-state index contributed by atoms with van der Waals surface area (Å²) >= 11 is 0. The molecule has 0 bridgehead atoms. The first kappa shape index (κ1) is 19.0. The standard InChI is InChI=1S/C17H20N6O3S/c1-13-5-6-14(27(25,26)23-7-3-2-4-8-23)9-15(13)20-17(24)11-22-12-19-21-16(22)10-18/h5-6,9,12H,2-4,7-8,11H2,1H3,(H,20,24). The van der Waals surface area contributed by atoms with E-state index in [-0.39, 0.29) is 17.3 Å². The second-order valence-corrected chi connectivity index (χ2v) is 8.32. The van der Waals surface area contributed by atoms with Crippen LogP contribution in [0.1, 0.15) is 30.7 Å². The number of nitriles is 1. The maximum absolute atomic E-state index is 12.8. The van der Waals surface area contributed by atoms with Gasteiger partial charge in [-0.25, -0.2) is 8.42 Å². The van der Waals surface area contributed by atoms with Crippen molar-refractivity contribution in [2.24, 2.45) is 0 Å². The quantitative estimate of drug-likeness (QED) is 0.823. The van der Waals surface area contributed by atoms with Crippen molar-refractivity contribution in [3.05, 3.63) is 35.9 Å². The highest BCUT2D eigenvalue weighted by molar-refractivity contribution is 7.89. The Morgan fingerprint density at radius 2 is 2.04 bits per heavy atom. The number of sulfonamides is 1. The Hall–Kier alpha value is -2.77. The van der Waals surface area contributed by atoms with Crippen LogP contribution in [0.15, 0.2) is 29.4 Å². The predicted molar refractivity (Wildman–Crippen MR) is 97.2 cm³/mol. The monoisotopic (exact) mass is 388 g/mol. The summed E-state index contributed by atoms with van der Waals surface area (Å²) in [6.07, 6.45) is 4.04. The first-order valence-electron chi connectivity index (χ1n) is 8.60. The van der Waals surface area contributed by atoms with Gasteiger partial charge >= 0.3 is 0 Å². The fraction of sp³-hybridized carbons (Fsp3) is 0.412. The van der Waals surface area contributed by atoms with Crippen LogP contribution in [0.4, 0.5) is 5.69 Å². The number of nitrogens with one attached hydrogen (secondary N) is 1. The van der Waals surface area contributed by atoms with Gasteiger partial charge in [-0.2, -0.15) is 9.57 Å². The molecule has 10 heteroatoms. The van der Waals surface area contributed by atoms with E-state index in [9.17, 15) is 13.2 Å². The fourth-order valence-electron chi connectivity index (χ4n) is 2.95. The van der Waals surface area contributed by atoms with Crippen molar-refractivity contribution in [1.29, 1.82) is 5.26 Å². The third kappa shape index (κ3) is 4.15. The van der Waals surface area contributed by atoms with Crippen molar-refractivity contribution in [1.82, 2.24) is 19.1 Å². The molecule has 0 atom stereocenters. The lowest BCUT2D eigenvalue weighted by Crippen LogP contribution is -2.35. The van der Waals surface area contributed by atoms with E-state index in [0.717, 1.165) is 24.8 Å². The number of benzene rings is 1. The van der Waals surface area contributed by atoms with E-state index in [1.807, 2.05) is 6.07 Å². The van der Waals surface area contributed by atoms with E-state index < -0.39 is 15.9 Å². The average molecular weight is 388 g/mol. The Bertz CT molecular complexity index is 986. The number of hydrogen-bond acceptors (Lipinski definition) is 6. The summed E-state index contributed by atoms with van der Waals surface area (Å²) in [5, 5.41) is 18.8. The number of piperidine rings is 1. The molecule has 1 aliphatic heterocycles. The normalized spacial score (nSPS) is 15.3. The zero-order valence-electron chi connectivity index (χ0n) is 14.9. The minimum absolute atomic E-state index is 0.0308. The summed E-state index contributed by atoms with van der Waals surface area (Å²) in [7, 11) is -3.58. The smallest absolute Gasteiger partial charge is 0.244 e. The minimum atomic E-state index is -3.58. The van der Waals surface area contributed by atoms with Crippen LogP contribution in [-0.4, -0.2) is 46.5 Å². The Kier molecular flexibility index (Phi) is 5.53. The second kappa shape index (κ2) is 7.85. The summed E-state index contributed by atoms with van der Waals surface area (Å²) in [5.41, 5.74) is 1.16. The van der Waals surface area contributed by atoms with E-state index in [2.05, 4.69) is 15.5 Å². The summed E-state index contributed by atoms with van der Waals surface area (Å²) in [6, 6.07) is 6.56. The topological polar surface area (TPSA) is 121 Å². The van der Waals surface area contributed by atoms with E-state index in [1.54, 1.807) is 19.1 Å². The lowest BCUT2D eigenvalue weighted by atomic mass is 10.2. The lowest BCUT2D eigenvalue weighted by Gasteiger charge is -2.26. The van der Waals surface area contributed by atoms with Crippen LogP contribution in [0.25, 0.3) is 0 Å². The first-order valence-corrected chi connectivity index (χ1v) is 10.0. The number of rotatable bonds is 5. The van der Waals surface area contributed by atoms with Crippen molar-refractivity contribution in [3.8, 4) is 6.07 Å². The van der Waals surface area contributed by atoms with E-state index in [1.165, 1.54) is 21.3 Å². The van der Waals surface area contributed by atoms with Gasteiger partial charge in [0.25, 0.3) is 0 Å². The molecule has 2 heterocycles. The third-order valence-corrected chi connectivity index (χ3v) is 6.36. The van der Waals surface area contributed by atoms with Gasteiger partial charge in [0, 0.05) is 18.8 Å². The molecule has 1 aliphatic rings. The molecule has 27 heavy (non-hydrogen) atoms. The SMILES string of the molecule is Cc1ccc(S(=O)(=O)N2CCCCC2)cc1NC(=O)Cn1cnnc1C#N. The highest BCUT2D eigenvalue weighted by atomic mass is 32.2. The van der Waals surface area contributed by atoms with Gasteiger partial charge in [-0.05, 0) is 37.5 Å². The number of carbonyl (C=O) groups is 1. The Balaban J connectivity index is 1.79. The van der Waals surface area contributed by atoms with Gasteiger partial charge in [-0.3, -0.25) is 9.36 Å². The summed E-state index contributed by atoms with van der Waals surface area (Å²) in [4.78, 5) is 12.5. The van der Waals surface area contributed by atoms with Crippen LogP contribution in [0.3, 0.4) is 0 Å². The predicted octanol–water partition coefficient (Wildman–Crippen LogP) is 1.27. The molecule has 3 rings (SSSR count). The van der Waals surface area contributed by atoms with E-state index >= 15 is 0 Å². The molecule has 1 amide bonds. The number of carbonyl (C=O) groups excluding carboxylic acids is 1. The van der Waals surface area contributed by atoms with Gasteiger partial charge in [-0.1, -0.05) is 12.5 Å². The molecule has 0 unspecified atom stereocenters. The molecule has 1 aromatic carbocycles. The van der Waals surface area contributed by atoms with E-state index in [4.69, 9.17) is 5.26 Å². The largest absolute Gasteiger partial charge is 0.324 e. The number of anilines is 1. The molecule has 0 radical (unpaired) electrons. The highest BCUT2D eigenvalue weighted by Crippen LogP contribution is 2.25. The lowest BCUT2D eigenvalue weighted by molar-refractivity contribution is -0.116. The molecule has 2 aromatic rings. The average Bonchev–Trinajstić information content (AvgIpc) is 3.11. The van der Waals surface area contributed by atoms with Gasteiger partial charge < -0.3 is 5.32 Å². The Labute approximate surface area is 157 Å². The molecular formula is C17H20N6O3S. The maximum Gasteiger partial charge on any atom is 0.244 e. The van der Waals surface area contributed by atoms with Gasteiger partial charge in [0.2, 0.25) is 21.8 Å². The van der Waals surface area contributed by atoms with Gasteiger partial charge in [0.05, 0.1) is 4.90 Å². The first-order chi connectivity index (χ1) is 12.9. The molecule has 1 aromatic heterocycles. The number of aryl methyl sites for hydroxylation is 1. The van der Waals surface area contributed by atoms with E-state index in [0.29, 0.717) is 18.8 Å². The number of amides is 1. The molecular weight excluding hydrogens is 368 g/mol. The highest BCUT2D eigenvalue weighted by Gasteiger charge is 2.26. The van der Waals surface area contributed by atoms with Crippen molar-refractivity contribution < 1.29 is 13.2 Å². The zero-order chi connectivity index (χ0) is 19.4. The summed E-state index contributed by atoms with van der Waals surface area (Å²) in [6.45, 7) is 2.68. The zero-order valence-corrected chi connectivity index (χ0v) is 15.7. The van der Waals surface area contributed by atoms with Crippen LogP contribution in [0.5, 0.6) is 0 Å². The summed E-state index contributed by atoms with van der Waals surface area (Å²) in [5.74, 6) is -0.370. The van der Waals surface area contributed by atoms with Crippen LogP contribution in [0.2, 0.25) is 0 Å². The van der Waals surface area contributed by atoms with Gasteiger partial charge in [0.15, 0.2) is 0 Å². The summed E-state index contributed by atoms with van der Waals surface area (Å²) < 4.78 is 28.5. The molecule has 9 nitrogen and oxygen atoms in total. The molecule has 0 saturated carbocycles. The Morgan fingerprint density at radius 1 is 1.30 bits per heavy atom. The van der Waals surface area contributed by atoms with Crippen molar-refractivity contribution >= 4 is 21.6 Å². The van der Waals surface area contributed by atoms with Crippen LogP contribution >= 0.6 is 0 Å². The third-order valence-electron chi connectivity index (χ3n) is 4.47. The molecule has 0 aliphatic carbocycles. The molecule has 142 valence electrons. The maximum atomic E-state index is 12.8. The number of aromatic nitrogens is 3. The van der Waals surface area contributed by atoms with Gasteiger partial charge in [0.1, 0.15) is 18.9 Å². The number of hydrogen-bond donors (Lipinski definition) is 1. The molecule has 1 fully saturated rings. The van der Waals surface area contributed by atoms with Crippen LogP contribution in [0, 0.1) is 18.3 Å². The fourth-order valence-corrected chi connectivity index (χ4v) is 4.50.